The van der Waals surface area contributed by atoms with Crippen LogP contribution in [-0.4, -0.2) is 22.7 Å². The Hall–Kier alpha value is -0.843. The van der Waals surface area contributed by atoms with Gasteiger partial charge in [0.1, 0.15) is 5.75 Å². The molecule has 4 heteroatoms. The van der Waals surface area contributed by atoms with Crippen molar-refractivity contribution < 1.29 is 13.3 Å². The van der Waals surface area contributed by atoms with E-state index in [4.69, 9.17) is 13.3 Å². The van der Waals surface area contributed by atoms with Crippen LogP contribution in [0.5, 0.6) is 5.75 Å². The maximum Gasteiger partial charge on any atom is 0.656 e. The molecule has 0 aliphatic rings. The first-order chi connectivity index (χ1) is 8.36. The summed E-state index contributed by atoms with van der Waals surface area (Å²) in [7, 11) is -1.63. The second-order valence-electron chi connectivity index (χ2n) is 3.72. The molecule has 0 N–H and O–H groups in total. The van der Waals surface area contributed by atoms with Gasteiger partial charge >= 0.3 is 9.53 Å². The molecular weight excluding hydrogens is 232 g/mol. The number of hydrogen-bond acceptors (Lipinski definition) is 3. The van der Waals surface area contributed by atoms with E-state index in [0.717, 1.165) is 25.0 Å². The molecule has 0 aromatic heterocycles. The fraction of sp³-hybridized carbons (Fsp3) is 0.538. The van der Waals surface area contributed by atoms with Crippen molar-refractivity contribution in [3.05, 3.63) is 30.3 Å². The Bertz CT molecular complexity index is 279. The highest BCUT2D eigenvalue weighted by atomic mass is 28.3. The number of benzene rings is 1. The van der Waals surface area contributed by atoms with Crippen LogP contribution in [0.2, 0.25) is 0 Å². The third kappa shape index (κ3) is 6.46. The second kappa shape index (κ2) is 9.21. The average molecular weight is 253 g/mol. The molecule has 0 spiro atoms. The van der Waals surface area contributed by atoms with Gasteiger partial charge in [-0.1, -0.05) is 38.5 Å². The molecule has 0 saturated carbocycles. The highest BCUT2D eigenvalue weighted by Crippen LogP contribution is 2.11. The lowest BCUT2D eigenvalue weighted by molar-refractivity contribution is 0.138. The van der Waals surface area contributed by atoms with Gasteiger partial charge in [0.2, 0.25) is 0 Å². The van der Waals surface area contributed by atoms with Gasteiger partial charge in [-0.05, 0) is 25.0 Å². The number of rotatable bonds is 9. The van der Waals surface area contributed by atoms with Gasteiger partial charge in [-0.2, -0.15) is 0 Å². The molecule has 1 aromatic carbocycles. The summed E-state index contributed by atoms with van der Waals surface area (Å²) < 4.78 is 17.0. The van der Waals surface area contributed by atoms with E-state index in [-0.39, 0.29) is 0 Å². The SMILES string of the molecule is CCCCO[Si](OCCC)Oc1ccccc1. The van der Waals surface area contributed by atoms with E-state index >= 15 is 0 Å². The first-order valence-corrected chi connectivity index (χ1v) is 7.44. The van der Waals surface area contributed by atoms with E-state index in [0.29, 0.717) is 13.2 Å². The average Bonchev–Trinajstić information content (AvgIpc) is 2.37. The van der Waals surface area contributed by atoms with Gasteiger partial charge in [0, 0.05) is 13.2 Å². The third-order valence-electron chi connectivity index (χ3n) is 2.09. The minimum atomic E-state index is -1.63. The lowest BCUT2D eigenvalue weighted by Gasteiger charge is -2.14. The van der Waals surface area contributed by atoms with Crippen molar-refractivity contribution in [2.45, 2.75) is 33.1 Å². The smallest absolute Gasteiger partial charge is 0.498 e. The monoisotopic (exact) mass is 253 g/mol. The summed E-state index contributed by atoms with van der Waals surface area (Å²) in [5.74, 6) is 0.814. The Morgan fingerprint density at radius 1 is 0.941 bits per heavy atom. The lowest BCUT2D eigenvalue weighted by Crippen LogP contribution is -2.31. The van der Waals surface area contributed by atoms with E-state index in [1.54, 1.807) is 0 Å². The summed E-state index contributed by atoms with van der Waals surface area (Å²) >= 11 is 0. The molecule has 0 atom stereocenters. The van der Waals surface area contributed by atoms with Crippen LogP contribution in [0.4, 0.5) is 0 Å². The molecule has 17 heavy (non-hydrogen) atoms. The molecule has 0 aliphatic heterocycles. The van der Waals surface area contributed by atoms with E-state index in [2.05, 4.69) is 13.8 Å². The van der Waals surface area contributed by atoms with Gasteiger partial charge in [0.05, 0.1) is 0 Å². The van der Waals surface area contributed by atoms with Crippen LogP contribution < -0.4 is 4.43 Å². The van der Waals surface area contributed by atoms with Crippen LogP contribution in [-0.2, 0) is 8.85 Å². The van der Waals surface area contributed by atoms with Gasteiger partial charge < -0.3 is 13.3 Å². The molecule has 0 fully saturated rings. The third-order valence-corrected chi connectivity index (χ3v) is 3.37. The van der Waals surface area contributed by atoms with Gasteiger partial charge in [-0.3, -0.25) is 0 Å². The number of hydrogen-bond donors (Lipinski definition) is 0. The first-order valence-electron chi connectivity index (χ1n) is 6.22. The van der Waals surface area contributed by atoms with Crippen LogP contribution in [0, 0.1) is 0 Å². The minimum absolute atomic E-state index is 0.688. The molecule has 1 rings (SSSR count). The van der Waals surface area contributed by atoms with Crippen LogP contribution in [0.15, 0.2) is 30.3 Å². The summed E-state index contributed by atoms with van der Waals surface area (Å²) in [6.07, 6.45) is 3.14. The van der Waals surface area contributed by atoms with Crippen molar-refractivity contribution >= 4 is 9.53 Å². The molecule has 1 aromatic rings. The highest BCUT2D eigenvalue weighted by molar-refractivity contribution is 6.37. The van der Waals surface area contributed by atoms with E-state index in [1.807, 2.05) is 30.3 Å². The van der Waals surface area contributed by atoms with Crippen molar-refractivity contribution in [2.75, 3.05) is 13.2 Å². The fourth-order valence-electron chi connectivity index (χ4n) is 1.17. The predicted molar refractivity (Wildman–Crippen MR) is 69.9 cm³/mol. The molecule has 0 bridgehead atoms. The van der Waals surface area contributed by atoms with Crippen molar-refractivity contribution in [1.29, 1.82) is 0 Å². The molecule has 0 aliphatic carbocycles. The summed E-state index contributed by atoms with van der Waals surface area (Å²) in [5.41, 5.74) is 0. The van der Waals surface area contributed by atoms with E-state index in [9.17, 15) is 0 Å². The Labute approximate surface area is 106 Å². The molecule has 0 saturated heterocycles. The zero-order valence-electron chi connectivity index (χ0n) is 10.6. The Morgan fingerprint density at radius 3 is 2.29 bits per heavy atom. The van der Waals surface area contributed by atoms with Crippen LogP contribution >= 0.6 is 0 Å². The molecular formula is C13H21O3Si. The largest absolute Gasteiger partial charge is 0.656 e. The topological polar surface area (TPSA) is 27.7 Å². The Kier molecular flexibility index (Phi) is 7.71. The molecule has 3 nitrogen and oxygen atoms in total. The molecule has 0 unspecified atom stereocenters. The molecule has 1 radical (unpaired) electrons. The van der Waals surface area contributed by atoms with E-state index < -0.39 is 9.53 Å². The lowest BCUT2D eigenvalue weighted by atomic mass is 10.3. The molecule has 0 heterocycles. The zero-order chi connectivity index (χ0) is 12.3. The van der Waals surface area contributed by atoms with Crippen LogP contribution in [0.1, 0.15) is 33.1 Å². The first kappa shape index (κ1) is 14.2. The second-order valence-corrected chi connectivity index (χ2v) is 5.00. The predicted octanol–water partition coefficient (Wildman–Crippen LogP) is 3.29. The van der Waals surface area contributed by atoms with Crippen LogP contribution in [0.25, 0.3) is 0 Å². The molecule has 0 amide bonds. The van der Waals surface area contributed by atoms with Gasteiger partial charge in [0.25, 0.3) is 0 Å². The zero-order valence-corrected chi connectivity index (χ0v) is 11.6. The maximum atomic E-state index is 5.72. The van der Waals surface area contributed by atoms with E-state index in [1.165, 1.54) is 0 Å². The Balaban J connectivity index is 2.39. The summed E-state index contributed by atoms with van der Waals surface area (Å²) in [6.45, 7) is 5.61. The van der Waals surface area contributed by atoms with Gasteiger partial charge in [-0.15, -0.1) is 0 Å². The normalized spacial score (nSPS) is 10.8. The number of para-hydroxylation sites is 1. The minimum Gasteiger partial charge on any atom is -0.498 e. The summed E-state index contributed by atoms with van der Waals surface area (Å²) in [6, 6.07) is 9.69. The van der Waals surface area contributed by atoms with Crippen molar-refractivity contribution in [1.82, 2.24) is 0 Å². The van der Waals surface area contributed by atoms with Gasteiger partial charge in [-0.25, -0.2) is 0 Å². The van der Waals surface area contributed by atoms with Gasteiger partial charge in [0.15, 0.2) is 0 Å². The Morgan fingerprint density at radius 2 is 1.65 bits per heavy atom. The van der Waals surface area contributed by atoms with Crippen molar-refractivity contribution in [3.8, 4) is 5.75 Å². The quantitative estimate of drug-likeness (QED) is 0.499. The highest BCUT2D eigenvalue weighted by Gasteiger charge is 2.21. The standard InChI is InChI=1S/C13H21O3Si/c1-3-5-12-15-17(14-11-4-2)16-13-9-7-6-8-10-13/h6-10H,3-5,11-12H2,1-2H3. The van der Waals surface area contributed by atoms with Crippen molar-refractivity contribution in [2.24, 2.45) is 0 Å². The van der Waals surface area contributed by atoms with Crippen LogP contribution in [0.3, 0.4) is 0 Å². The fourth-order valence-corrected chi connectivity index (χ4v) is 2.38. The molecule has 95 valence electrons. The number of unbranched alkanes of at least 4 members (excludes halogenated alkanes) is 1. The summed E-state index contributed by atoms with van der Waals surface area (Å²) in [5, 5.41) is 0. The summed E-state index contributed by atoms with van der Waals surface area (Å²) in [4.78, 5) is 0. The maximum absolute atomic E-state index is 5.72. The van der Waals surface area contributed by atoms with Crippen molar-refractivity contribution in [3.63, 3.8) is 0 Å².